The molecule has 3 aromatic carbocycles. The van der Waals surface area contributed by atoms with E-state index in [1.165, 1.54) is 0 Å². The number of hydrogen-bond donors (Lipinski definition) is 1. The van der Waals surface area contributed by atoms with Gasteiger partial charge in [0, 0.05) is 6.21 Å². The molecule has 3 aromatic rings. The van der Waals surface area contributed by atoms with Crippen LogP contribution in [0.4, 0.5) is 5.69 Å². The minimum Gasteiger partial charge on any atom is -0.493 e. The second-order valence-electron chi connectivity index (χ2n) is 6.36. The third-order valence-electron chi connectivity index (χ3n) is 4.30. The van der Waals surface area contributed by atoms with Gasteiger partial charge in [-0.05, 0) is 60.5 Å². The van der Waals surface area contributed by atoms with Crippen molar-refractivity contribution >= 4 is 17.9 Å². The van der Waals surface area contributed by atoms with Crippen molar-refractivity contribution in [1.82, 2.24) is 0 Å². The summed E-state index contributed by atoms with van der Waals surface area (Å²) < 4.78 is 16.9. The van der Waals surface area contributed by atoms with Crippen molar-refractivity contribution in [2.75, 3.05) is 13.7 Å². The minimum absolute atomic E-state index is 0.242. The Morgan fingerprint density at radius 3 is 2.43 bits per heavy atom. The van der Waals surface area contributed by atoms with E-state index in [0.717, 1.165) is 22.6 Å². The molecule has 0 saturated heterocycles. The van der Waals surface area contributed by atoms with Crippen LogP contribution in [0.1, 0.15) is 28.4 Å². The van der Waals surface area contributed by atoms with Crippen molar-refractivity contribution in [2.24, 2.45) is 4.99 Å². The van der Waals surface area contributed by atoms with E-state index in [1.807, 2.05) is 49.4 Å². The van der Waals surface area contributed by atoms with Gasteiger partial charge in [0.05, 0.1) is 19.3 Å². The molecule has 0 spiro atoms. The molecule has 3 rings (SSSR count). The molecule has 0 fully saturated rings. The largest absolute Gasteiger partial charge is 0.493 e. The fourth-order valence-corrected chi connectivity index (χ4v) is 2.77. The van der Waals surface area contributed by atoms with Crippen LogP contribution in [0, 0.1) is 0 Å². The smallest absolute Gasteiger partial charge is 0.335 e. The number of para-hydroxylation sites is 2. The Balaban J connectivity index is 1.71. The maximum absolute atomic E-state index is 10.9. The zero-order valence-corrected chi connectivity index (χ0v) is 16.9. The number of carboxylic acid groups (broad SMARTS) is 1. The van der Waals surface area contributed by atoms with E-state index >= 15 is 0 Å². The number of hydrogen-bond acceptors (Lipinski definition) is 5. The summed E-state index contributed by atoms with van der Waals surface area (Å²) >= 11 is 0. The molecule has 6 heteroatoms. The van der Waals surface area contributed by atoms with E-state index in [4.69, 9.17) is 19.3 Å². The zero-order valence-electron chi connectivity index (χ0n) is 16.9. The van der Waals surface area contributed by atoms with Gasteiger partial charge in [-0.15, -0.1) is 0 Å². The van der Waals surface area contributed by atoms with Crippen LogP contribution in [0.15, 0.2) is 71.7 Å². The lowest BCUT2D eigenvalue weighted by atomic mass is 10.1. The van der Waals surface area contributed by atoms with E-state index in [-0.39, 0.29) is 5.56 Å². The fraction of sp³-hybridized carbons (Fsp3) is 0.167. The van der Waals surface area contributed by atoms with E-state index in [1.54, 1.807) is 37.6 Å². The monoisotopic (exact) mass is 405 g/mol. The topological polar surface area (TPSA) is 77.4 Å². The standard InChI is InChI=1S/C24H23NO5/c1-3-29-21-7-5-4-6-20(21)25-15-18-10-13-22(23(14-18)28-2)30-16-17-8-11-19(12-9-17)24(26)27/h4-15H,3,16H2,1-2H3,(H,26,27). The van der Waals surface area contributed by atoms with Gasteiger partial charge in [-0.3, -0.25) is 4.99 Å². The Morgan fingerprint density at radius 2 is 1.73 bits per heavy atom. The number of rotatable bonds is 9. The van der Waals surface area contributed by atoms with Crippen LogP contribution in [0.3, 0.4) is 0 Å². The third kappa shape index (κ3) is 5.38. The predicted molar refractivity (Wildman–Crippen MR) is 116 cm³/mol. The van der Waals surface area contributed by atoms with Gasteiger partial charge in [-0.2, -0.15) is 0 Å². The Labute approximate surface area is 175 Å². The summed E-state index contributed by atoms with van der Waals surface area (Å²) in [6.45, 7) is 2.81. The summed E-state index contributed by atoms with van der Waals surface area (Å²) in [5, 5.41) is 8.97. The molecule has 0 radical (unpaired) electrons. The quantitative estimate of drug-likeness (QED) is 0.500. The molecule has 30 heavy (non-hydrogen) atoms. The van der Waals surface area contributed by atoms with Gasteiger partial charge in [-0.25, -0.2) is 4.79 Å². The van der Waals surface area contributed by atoms with Crippen molar-refractivity contribution in [2.45, 2.75) is 13.5 Å². The number of aliphatic imine (C=N–C) groups is 1. The summed E-state index contributed by atoms with van der Waals surface area (Å²) in [5.41, 5.74) is 2.71. The van der Waals surface area contributed by atoms with Crippen molar-refractivity contribution in [3.05, 3.63) is 83.4 Å². The number of nitrogens with zero attached hydrogens (tertiary/aromatic N) is 1. The van der Waals surface area contributed by atoms with Gasteiger partial charge in [0.25, 0.3) is 0 Å². The average molecular weight is 405 g/mol. The lowest BCUT2D eigenvalue weighted by Crippen LogP contribution is -2.00. The van der Waals surface area contributed by atoms with Gasteiger partial charge in [0.2, 0.25) is 0 Å². The van der Waals surface area contributed by atoms with Crippen LogP contribution in [-0.2, 0) is 6.61 Å². The van der Waals surface area contributed by atoms with Crippen molar-refractivity contribution in [1.29, 1.82) is 0 Å². The van der Waals surface area contributed by atoms with E-state index in [2.05, 4.69) is 4.99 Å². The maximum atomic E-state index is 10.9. The number of aromatic carboxylic acids is 1. The van der Waals surface area contributed by atoms with Crippen molar-refractivity contribution in [3.63, 3.8) is 0 Å². The molecule has 0 aliphatic heterocycles. The Hall–Kier alpha value is -3.80. The highest BCUT2D eigenvalue weighted by atomic mass is 16.5. The molecular formula is C24H23NO5. The number of carboxylic acids is 1. The average Bonchev–Trinajstić information content (AvgIpc) is 2.77. The van der Waals surface area contributed by atoms with Gasteiger partial charge >= 0.3 is 5.97 Å². The third-order valence-corrected chi connectivity index (χ3v) is 4.30. The van der Waals surface area contributed by atoms with Gasteiger partial charge in [0.15, 0.2) is 11.5 Å². The number of methoxy groups -OCH3 is 1. The highest BCUT2D eigenvalue weighted by molar-refractivity contribution is 5.87. The molecule has 0 saturated carbocycles. The lowest BCUT2D eigenvalue weighted by molar-refractivity contribution is 0.0697. The summed E-state index contributed by atoms with van der Waals surface area (Å²) in [7, 11) is 1.58. The highest BCUT2D eigenvalue weighted by Gasteiger charge is 2.07. The van der Waals surface area contributed by atoms with Crippen molar-refractivity contribution in [3.8, 4) is 17.2 Å². The first-order valence-corrected chi connectivity index (χ1v) is 9.49. The Morgan fingerprint density at radius 1 is 0.967 bits per heavy atom. The van der Waals surface area contributed by atoms with Crippen molar-refractivity contribution < 1.29 is 24.1 Å². The molecule has 0 atom stereocenters. The predicted octanol–water partition coefficient (Wildman–Crippen LogP) is 5.12. The van der Waals surface area contributed by atoms with Crippen LogP contribution >= 0.6 is 0 Å². The van der Waals surface area contributed by atoms with Gasteiger partial charge < -0.3 is 19.3 Å². The fourth-order valence-electron chi connectivity index (χ4n) is 2.77. The second kappa shape index (κ2) is 10.1. The highest BCUT2D eigenvalue weighted by Crippen LogP contribution is 2.30. The molecular weight excluding hydrogens is 382 g/mol. The first-order chi connectivity index (χ1) is 14.6. The van der Waals surface area contributed by atoms with Gasteiger partial charge in [0.1, 0.15) is 18.0 Å². The number of ether oxygens (including phenoxy) is 3. The Kier molecular flexibility index (Phi) is 7.05. The zero-order chi connectivity index (χ0) is 21.3. The Bertz CT molecular complexity index is 1030. The van der Waals surface area contributed by atoms with Crippen LogP contribution in [0.2, 0.25) is 0 Å². The lowest BCUT2D eigenvalue weighted by Gasteiger charge is -2.11. The molecule has 0 aromatic heterocycles. The SMILES string of the molecule is CCOc1ccccc1N=Cc1ccc(OCc2ccc(C(=O)O)cc2)c(OC)c1. The molecule has 154 valence electrons. The van der Waals surface area contributed by atoms with Crippen LogP contribution in [-0.4, -0.2) is 31.0 Å². The van der Waals surface area contributed by atoms with Crippen LogP contribution < -0.4 is 14.2 Å². The first-order valence-electron chi connectivity index (χ1n) is 9.49. The second-order valence-corrected chi connectivity index (χ2v) is 6.36. The van der Waals surface area contributed by atoms with Gasteiger partial charge in [-0.1, -0.05) is 24.3 Å². The minimum atomic E-state index is -0.953. The van der Waals surface area contributed by atoms with E-state index in [0.29, 0.717) is 24.7 Å². The molecule has 1 N–H and O–H groups in total. The summed E-state index contributed by atoms with van der Waals surface area (Å²) in [6.07, 6.45) is 1.74. The summed E-state index contributed by atoms with van der Waals surface area (Å²) in [5.74, 6) is 0.952. The molecule has 0 heterocycles. The summed E-state index contributed by atoms with van der Waals surface area (Å²) in [4.78, 5) is 15.5. The first kappa shape index (κ1) is 20.9. The molecule has 0 aliphatic carbocycles. The van der Waals surface area contributed by atoms with E-state index < -0.39 is 5.97 Å². The maximum Gasteiger partial charge on any atom is 0.335 e. The molecule has 6 nitrogen and oxygen atoms in total. The van der Waals surface area contributed by atoms with Crippen LogP contribution in [0.25, 0.3) is 0 Å². The summed E-state index contributed by atoms with van der Waals surface area (Å²) in [6, 6.07) is 19.7. The normalized spacial score (nSPS) is 10.7. The number of benzene rings is 3. The molecule has 0 amide bonds. The molecule has 0 unspecified atom stereocenters. The van der Waals surface area contributed by atoms with E-state index in [9.17, 15) is 4.79 Å². The molecule has 0 bridgehead atoms. The number of carbonyl (C=O) groups is 1. The molecule has 0 aliphatic rings. The van der Waals surface area contributed by atoms with Crippen LogP contribution in [0.5, 0.6) is 17.2 Å².